The molecule has 0 aliphatic carbocycles. The second-order valence-corrected chi connectivity index (χ2v) is 6.82. The summed E-state index contributed by atoms with van der Waals surface area (Å²) in [5.74, 6) is 0.388. The second kappa shape index (κ2) is 5.21. The Labute approximate surface area is 133 Å². The maximum atomic E-state index is 12.4. The standard InChI is InChI=1S/C18H16N2OS/c1-12-6-8-14(9-7-12)20-11-13(10-17(20)21)18-19-15-4-2-3-5-16(15)22-18/h2-9,13H,10-11H2,1H3. The predicted molar refractivity (Wildman–Crippen MR) is 90.5 cm³/mol. The summed E-state index contributed by atoms with van der Waals surface area (Å²) in [6, 6.07) is 16.3. The van der Waals surface area contributed by atoms with E-state index in [2.05, 4.69) is 13.0 Å². The number of carbonyl (C=O) groups excluding carboxylic acids is 1. The van der Waals surface area contributed by atoms with E-state index in [0.717, 1.165) is 22.8 Å². The topological polar surface area (TPSA) is 33.2 Å². The van der Waals surface area contributed by atoms with Crippen molar-refractivity contribution in [1.82, 2.24) is 4.98 Å². The molecule has 2 aromatic carbocycles. The fraction of sp³-hybridized carbons (Fsp3) is 0.222. The summed E-state index contributed by atoms with van der Waals surface area (Å²) in [7, 11) is 0. The van der Waals surface area contributed by atoms with Gasteiger partial charge in [-0.05, 0) is 31.2 Å². The van der Waals surface area contributed by atoms with Crippen LogP contribution in [0.1, 0.15) is 22.9 Å². The maximum Gasteiger partial charge on any atom is 0.227 e. The number of hydrogen-bond acceptors (Lipinski definition) is 3. The van der Waals surface area contributed by atoms with Crippen molar-refractivity contribution in [2.75, 3.05) is 11.4 Å². The van der Waals surface area contributed by atoms with E-state index in [4.69, 9.17) is 4.98 Å². The molecule has 4 heteroatoms. The SMILES string of the molecule is Cc1ccc(N2CC(c3nc4ccccc4s3)CC2=O)cc1. The number of nitrogens with zero attached hydrogens (tertiary/aromatic N) is 2. The number of aromatic nitrogens is 1. The normalized spacial score (nSPS) is 18.3. The number of para-hydroxylation sites is 1. The highest BCUT2D eigenvalue weighted by Gasteiger charge is 2.33. The Morgan fingerprint density at radius 2 is 1.91 bits per heavy atom. The minimum atomic E-state index is 0.188. The summed E-state index contributed by atoms with van der Waals surface area (Å²) < 4.78 is 1.19. The molecule has 22 heavy (non-hydrogen) atoms. The van der Waals surface area contributed by atoms with Crippen molar-refractivity contribution in [3.05, 3.63) is 59.1 Å². The largest absolute Gasteiger partial charge is 0.312 e. The van der Waals surface area contributed by atoms with Gasteiger partial charge in [0.1, 0.15) is 0 Å². The zero-order chi connectivity index (χ0) is 15.1. The van der Waals surface area contributed by atoms with Gasteiger partial charge in [-0.15, -0.1) is 11.3 Å². The van der Waals surface area contributed by atoms with E-state index in [1.807, 2.05) is 47.4 Å². The van der Waals surface area contributed by atoms with E-state index in [0.29, 0.717) is 6.42 Å². The van der Waals surface area contributed by atoms with Gasteiger partial charge in [-0.1, -0.05) is 29.8 Å². The lowest BCUT2D eigenvalue weighted by molar-refractivity contribution is -0.117. The summed E-state index contributed by atoms with van der Waals surface area (Å²) in [5.41, 5.74) is 3.22. The predicted octanol–water partition coefficient (Wildman–Crippen LogP) is 4.13. The summed E-state index contributed by atoms with van der Waals surface area (Å²) in [6.07, 6.45) is 0.549. The third-order valence-electron chi connectivity index (χ3n) is 4.13. The van der Waals surface area contributed by atoms with Gasteiger partial charge in [-0.3, -0.25) is 4.79 Å². The zero-order valence-electron chi connectivity index (χ0n) is 12.3. The van der Waals surface area contributed by atoms with E-state index in [9.17, 15) is 4.79 Å². The Bertz CT molecular complexity index is 805. The average Bonchev–Trinajstić information content (AvgIpc) is 3.11. The second-order valence-electron chi connectivity index (χ2n) is 5.76. The van der Waals surface area contributed by atoms with Crippen molar-refractivity contribution < 1.29 is 4.79 Å². The van der Waals surface area contributed by atoms with Gasteiger partial charge in [0.15, 0.2) is 0 Å². The lowest BCUT2D eigenvalue weighted by Crippen LogP contribution is -2.24. The minimum absolute atomic E-state index is 0.188. The molecule has 1 aromatic heterocycles. The number of aryl methyl sites for hydroxylation is 1. The number of rotatable bonds is 2. The molecule has 0 bridgehead atoms. The molecule has 1 amide bonds. The number of carbonyl (C=O) groups is 1. The number of fused-ring (bicyclic) bond motifs is 1. The van der Waals surface area contributed by atoms with E-state index < -0.39 is 0 Å². The summed E-state index contributed by atoms with van der Waals surface area (Å²) in [6.45, 7) is 2.78. The van der Waals surface area contributed by atoms with Crippen LogP contribution < -0.4 is 4.90 Å². The summed E-state index contributed by atoms with van der Waals surface area (Å²) in [5, 5.41) is 1.07. The van der Waals surface area contributed by atoms with Crippen molar-refractivity contribution in [2.45, 2.75) is 19.3 Å². The summed E-state index contributed by atoms with van der Waals surface area (Å²) >= 11 is 1.71. The average molecular weight is 308 g/mol. The van der Waals surface area contributed by atoms with Crippen LogP contribution in [0.25, 0.3) is 10.2 Å². The molecule has 3 nitrogen and oxygen atoms in total. The van der Waals surface area contributed by atoms with Crippen LogP contribution in [-0.4, -0.2) is 17.4 Å². The Hall–Kier alpha value is -2.20. The zero-order valence-corrected chi connectivity index (χ0v) is 13.1. The number of thiazole rings is 1. The first-order chi connectivity index (χ1) is 10.7. The molecular weight excluding hydrogens is 292 g/mol. The molecule has 0 radical (unpaired) electrons. The highest BCUT2D eigenvalue weighted by molar-refractivity contribution is 7.18. The van der Waals surface area contributed by atoms with Gasteiger partial charge in [0.25, 0.3) is 0 Å². The third-order valence-corrected chi connectivity index (χ3v) is 5.33. The van der Waals surface area contributed by atoms with Crippen molar-refractivity contribution >= 4 is 33.1 Å². The molecule has 0 spiro atoms. The number of benzene rings is 2. The van der Waals surface area contributed by atoms with Crippen molar-refractivity contribution in [3.63, 3.8) is 0 Å². The maximum absolute atomic E-state index is 12.4. The van der Waals surface area contributed by atoms with Crippen molar-refractivity contribution in [2.24, 2.45) is 0 Å². The third kappa shape index (κ3) is 2.29. The Balaban J connectivity index is 1.62. The van der Waals surface area contributed by atoms with Crippen LogP contribution in [0.15, 0.2) is 48.5 Å². The Morgan fingerprint density at radius 3 is 2.68 bits per heavy atom. The smallest absolute Gasteiger partial charge is 0.227 e. The number of amides is 1. The molecule has 1 unspecified atom stereocenters. The van der Waals surface area contributed by atoms with Gasteiger partial charge in [0, 0.05) is 24.6 Å². The molecule has 1 saturated heterocycles. The van der Waals surface area contributed by atoms with Crippen LogP contribution in [0.3, 0.4) is 0 Å². The molecule has 3 aromatic rings. The first kappa shape index (κ1) is 13.5. The van der Waals surface area contributed by atoms with E-state index in [-0.39, 0.29) is 11.8 Å². The number of anilines is 1. The molecule has 110 valence electrons. The first-order valence-corrected chi connectivity index (χ1v) is 8.25. The van der Waals surface area contributed by atoms with Crippen LogP contribution in [0.4, 0.5) is 5.69 Å². The van der Waals surface area contributed by atoms with E-state index in [1.165, 1.54) is 10.3 Å². The molecular formula is C18H16N2OS. The van der Waals surface area contributed by atoms with Crippen LogP contribution in [0.2, 0.25) is 0 Å². The summed E-state index contributed by atoms with van der Waals surface area (Å²) in [4.78, 5) is 19.0. The van der Waals surface area contributed by atoms with Gasteiger partial charge in [-0.2, -0.15) is 0 Å². The lowest BCUT2D eigenvalue weighted by atomic mass is 10.1. The highest BCUT2D eigenvalue weighted by atomic mass is 32.1. The van der Waals surface area contributed by atoms with Crippen LogP contribution in [0, 0.1) is 6.92 Å². The van der Waals surface area contributed by atoms with Crippen molar-refractivity contribution in [3.8, 4) is 0 Å². The van der Waals surface area contributed by atoms with E-state index >= 15 is 0 Å². The highest BCUT2D eigenvalue weighted by Crippen LogP contribution is 2.35. The molecule has 1 aliphatic rings. The van der Waals surface area contributed by atoms with Crippen molar-refractivity contribution in [1.29, 1.82) is 0 Å². The lowest BCUT2D eigenvalue weighted by Gasteiger charge is -2.16. The van der Waals surface area contributed by atoms with Gasteiger partial charge in [-0.25, -0.2) is 4.98 Å². The first-order valence-electron chi connectivity index (χ1n) is 7.43. The molecule has 2 heterocycles. The molecule has 4 rings (SSSR count). The number of hydrogen-bond donors (Lipinski definition) is 0. The molecule has 1 aliphatic heterocycles. The van der Waals surface area contributed by atoms with Gasteiger partial charge < -0.3 is 4.90 Å². The molecule has 0 N–H and O–H groups in total. The van der Waals surface area contributed by atoms with Gasteiger partial charge >= 0.3 is 0 Å². The van der Waals surface area contributed by atoms with Crippen LogP contribution in [-0.2, 0) is 4.79 Å². The monoisotopic (exact) mass is 308 g/mol. The minimum Gasteiger partial charge on any atom is -0.312 e. The molecule has 1 fully saturated rings. The van der Waals surface area contributed by atoms with E-state index in [1.54, 1.807) is 11.3 Å². The molecule has 0 saturated carbocycles. The quantitative estimate of drug-likeness (QED) is 0.713. The Kier molecular flexibility index (Phi) is 3.19. The molecule has 1 atom stereocenters. The fourth-order valence-electron chi connectivity index (χ4n) is 2.91. The van der Waals surface area contributed by atoms with Crippen LogP contribution >= 0.6 is 11.3 Å². The Morgan fingerprint density at radius 1 is 1.14 bits per heavy atom. The van der Waals surface area contributed by atoms with Gasteiger partial charge in [0.05, 0.1) is 15.2 Å². The fourth-order valence-corrected chi connectivity index (χ4v) is 3.97. The van der Waals surface area contributed by atoms with Crippen LogP contribution in [0.5, 0.6) is 0 Å². The van der Waals surface area contributed by atoms with Gasteiger partial charge in [0.2, 0.25) is 5.91 Å².